The summed E-state index contributed by atoms with van der Waals surface area (Å²) in [5.74, 6) is -0.286. The Bertz CT molecular complexity index is 1290. The highest BCUT2D eigenvalue weighted by Gasteiger charge is 2.14. The van der Waals surface area contributed by atoms with Crippen LogP contribution in [0.2, 0.25) is 5.02 Å². The standard InChI is InChI=1S/C24H19ClN2O2/c1-15-11-12-18(14-20(15)25)26-24-19(13-17-8-4-6-10-22(17)29-24)23(28)27-21-9-5-3-7-16(21)2/h3-14H,1-2H3,(H,27,28). The van der Waals surface area contributed by atoms with Gasteiger partial charge in [-0.05, 0) is 55.3 Å². The molecule has 0 radical (unpaired) electrons. The molecule has 0 bridgehead atoms. The minimum absolute atomic E-state index is 0.231. The van der Waals surface area contributed by atoms with Gasteiger partial charge in [0.25, 0.3) is 5.91 Å². The molecular weight excluding hydrogens is 384 g/mol. The number of fused-ring (bicyclic) bond motifs is 1. The van der Waals surface area contributed by atoms with Crippen molar-refractivity contribution in [2.45, 2.75) is 13.8 Å². The van der Waals surface area contributed by atoms with Crippen LogP contribution in [0.4, 0.5) is 11.4 Å². The molecule has 0 saturated carbocycles. The average Bonchev–Trinajstić information content (AvgIpc) is 2.72. The fourth-order valence-electron chi connectivity index (χ4n) is 2.99. The van der Waals surface area contributed by atoms with Crippen LogP contribution in [-0.4, -0.2) is 5.91 Å². The summed E-state index contributed by atoms with van der Waals surface area (Å²) in [5, 5.41) is 4.38. The van der Waals surface area contributed by atoms with E-state index in [2.05, 4.69) is 10.3 Å². The molecule has 0 spiro atoms. The van der Waals surface area contributed by atoms with E-state index in [4.69, 9.17) is 16.0 Å². The number of benzene rings is 3. The van der Waals surface area contributed by atoms with Crippen molar-refractivity contribution in [3.05, 3.63) is 100 Å². The van der Waals surface area contributed by atoms with Crippen LogP contribution >= 0.6 is 11.6 Å². The fraction of sp³-hybridized carbons (Fsp3) is 0.0833. The third-order valence-electron chi connectivity index (χ3n) is 4.68. The van der Waals surface area contributed by atoms with Crippen molar-refractivity contribution in [2.24, 2.45) is 4.99 Å². The smallest absolute Gasteiger partial charge is 0.261 e. The molecule has 29 heavy (non-hydrogen) atoms. The van der Waals surface area contributed by atoms with Crippen molar-refractivity contribution in [3.63, 3.8) is 0 Å². The largest absolute Gasteiger partial charge is 0.438 e. The SMILES string of the molecule is Cc1ccc(N=c2oc3ccccc3cc2C(=O)Nc2ccccc2C)cc1Cl. The van der Waals surface area contributed by atoms with Gasteiger partial charge in [0.15, 0.2) is 0 Å². The first-order valence-corrected chi connectivity index (χ1v) is 9.60. The number of halogens is 1. The molecule has 0 unspecified atom stereocenters. The lowest BCUT2D eigenvalue weighted by Crippen LogP contribution is -2.22. The molecule has 4 rings (SSSR count). The van der Waals surface area contributed by atoms with Gasteiger partial charge in [0.1, 0.15) is 11.1 Å². The normalized spacial score (nSPS) is 11.6. The van der Waals surface area contributed by atoms with E-state index in [0.29, 0.717) is 21.9 Å². The molecule has 144 valence electrons. The van der Waals surface area contributed by atoms with Crippen molar-refractivity contribution in [1.29, 1.82) is 0 Å². The van der Waals surface area contributed by atoms with E-state index in [1.807, 2.05) is 74.5 Å². The van der Waals surface area contributed by atoms with Gasteiger partial charge in [-0.25, -0.2) is 4.99 Å². The maximum Gasteiger partial charge on any atom is 0.261 e. The number of hydrogen-bond donors (Lipinski definition) is 1. The zero-order valence-corrected chi connectivity index (χ0v) is 16.8. The zero-order valence-electron chi connectivity index (χ0n) is 16.1. The summed E-state index contributed by atoms with van der Waals surface area (Å²) in [6.45, 7) is 3.87. The predicted octanol–water partition coefficient (Wildman–Crippen LogP) is 6.19. The Morgan fingerprint density at radius 1 is 0.931 bits per heavy atom. The highest BCUT2D eigenvalue weighted by Crippen LogP contribution is 2.22. The topological polar surface area (TPSA) is 54.6 Å². The van der Waals surface area contributed by atoms with Gasteiger partial charge in [-0.2, -0.15) is 0 Å². The van der Waals surface area contributed by atoms with Crippen molar-refractivity contribution >= 4 is 39.9 Å². The third kappa shape index (κ3) is 4.08. The lowest BCUT2D eigenvalue weighted by Gasteiger charge is -2.09. The van der Waals surface area contributed by atoms with Crippen LogP contribution in [0.15, 0.2) is 82.2 Å². The number of para-hydroxylation sites is 2. The van der Waals surface area contributed by atoms with Crippen LogP contribution in [0.25, 0.3) is 11.0 Å². The molecule has 5 heteroatoms. The highest BCUT2D eigenvalue weighted by molar-refractivity contribution is 6.31. The minimum Gasteiger partial charge on any atom is -0.438 e. The molecule has 0 saturated heterocycles. The molecular formula is C24H19ClN2O2. The van der Waals surface area contributed by atoms with Gasteiger partial charge in [0, 0.05) is 16.1 Å². The number of anilines is 1. The Balaban J connectivity index is 1.86. The second-order valence-corrected chi connectivity index (χ2v) is 7.22. The number of rotatable bonds is 3. The first kappa shape index (κ1) is 19.0. The lowest BCUT2D eigenvalue weighted by molar-refractivity contribution is 0.102. The van der Waals surface area contributed by atoms with Crippen molar-refractivity contribution in [1.82, 2.24) is 0 Å². The predicted molar refractivity (Wildman–Crippen MR) is 117 cm³/mol. The Labute approximate surface area is 173 Å². The van der Waals surface area contributed by atoms with Crippen molar-refractivity contribution < 1.29 is 9.21 Å². The van der Waals surface area contributed by atoms with Crippen LogP contribution in [-0.2, 0) is 0 Å². The second-order valence-electron chi connectivity index (χ2n) is 6.82. The van der Waals surface area contributed by atoms with Crippen LogP contribution in [0.5, 0.6) is 0 Å². The van der Waals surface area contributed by atoms with Gasteiger partial charge < -0.3 is 9.73 Å². The molecule has 4 nitrogen and oxygen atoms in total. The summed E-state index contributed by atoms with van der Waals surface area (Å²) in [7, 11) is 0. The van der Waals surface area contributed by atoms with Crippen LogP contribution in [0.1, 0.15) is 21.5 Å². The van der Waals surface area contributed by atoms with E-state index in [1.54, 1.807) is 12.1 Å². The molecule has 1 N–H and O–H groups in total. The average molecular weight is 403 g/mol. The molecule has 0 aliphatic carbocycles. The zero-order chi connectivity index (χ0) is 20.4. The fourth-order valence-corrected chi connectivity index (χ4v) is 3.16. The number of aryl methyl sites for hydroxylation is 2. The summed E-state index contributed by atoms with van der Waals surface area (Å²) in [4.78, 5) is 17.7. The van der Waals surface area contributed by atoms with E-state index in [1.165, 1.54) is 0 Å². The number of hydrogen-bond acceptors (Lipinski definition) is 3. The summed E-state index contributed by atoms with van der Waals surface area (Å²) in [6.07, 6.45) is 0. The third-order valence-corrected chi connectivity index (χ3v) is 5.09. The summed E-state index contributed by atoms with van der Waals surface area (Å²) >= 11 is 6.23. The van der Waals surface area contributed by atoms with Gasteiger partial charge in [-0.1, -0.05) is 54.1 Å². The molecule has 1 heterocycles. The van der Waals surface area contributed by atoms with Crippen LogP contribution in [0, 0.1) is 13.8 Å². The first-order valence-electron chi connectivity index (χ1n) is 9.22. The summed E-state index contributed by atoms with van der Waals surface area (Å²) in [6, 6.07) is 22.4. The first-order chi connectivity index (χ1) is 14.0. The van der Waals surface area contributed by atoms with Gasteiger partial charge in [0.2, 0.25) is 5.55 Å². The molecule has 1 amide bonds. The van der Waals surface area contributed by atoms with Crippen LogP contribution in [0.3, 0.4) is 0 Å². The van der Waals surface area contributed by atoms with Gasteiger partial charge in [-0.3, -0.25) is 4.79 Å². The molecule has 1 aromatic heterocycles. The Hall–Kier alpha value is -3.37. The second kappa shape index (κ2) is 7.94. The lowest BCUT2D eigenvalue weighted by atomic mass is 10.1. The molecule has 0 aliphatic rings. The van der Waals surface area contributed by atoms with E-state index in [-0.39, 0.29) is 11.5 Å². The van der Waals surface area contributed by atoms with Crippen LogP contribution < -0.4 is 10.9 Å². The summed E-state index contributed by atoms with van der Waals surface area (Å²) in [5.41, 5.74) is 4.52. The monoisotopic (exact) mass is 402 g/mol. The number of amides is 1. The molecule has 0 fully saturated rings. The maximum atomic E-state index is 13.1. The Morgan fingerprint density at radius 2 is 1.69 bits per heavy atom. The quantitative estimate of drug-likeness (QED) is 0.444. The molecule has 4 aromatic rings. The van der Waals surface area contributed by atoms with Crippen molar-refractivity contribution in [3.8, 4) is 0 Å². The Kier molecular flexibility index (Phi) is 5.19. The van der Waals surface area contributed by atoms with E-state index in [9.17, 15) is 4.79 Å². The Morgan fingerprint density at radius 3 is 2.48 bits per heavy atom. The number of carbonyl (C=O) groups is 1. The number of nitrogens with one attached hydrogen (secondary N) is 1. The van der Waals surface area contributed by atoms with E-state index >= 15 is 0 Å². The number of carbonyl (C=O) groups excluding carboxylic acids is 1. The highest BCUT2D eigenvalue weighted by atomic mass is 35.5. The van der Waals surface area contributed by atoms with Gasteiger partial charge in [-0.15, -0.1) is 0 Å². The van der Waals surface area contributed by atoms with Gasteiger partial charge >= 0.3 is 0 Å². The minimum atomic E-state index is -0.286. The van der Waals surface area contributed by atoms with E-state index < -0.39 is 0 Å². The van der Waals surface area contributed by atoms with Crippen molar-refractivity contribution in [2.75, 3.05) is 5.32 Å². The molecule has 0 atom stereocenters. The number of nitrogens with zero attached hydrogens (tertiary/aromatic N) is 1. The van der Waals surface area contributed by atoms with E-state index in [0.717, 1.165) is 22.2 Å². The molecule has 0 aliphatic heterocycles. The van der Waals surface area contributed by atoms with Gasteiger partial charge in [0.05, 0.1) is 5.69 Å². The molecule has 3 aromatic carbocycles. The summed E-state index contributed by atoms with van der Waals surface area (Å²) < 4.78 is 5.99. The maximum absolute atomic E-state index is 13.1.